The molecule has 2 atom stereocenters. The van der Waals surface area contributed by atoms with Gasteiger partial charge in [-0.05, 0) is 105 Å². The van der Waals surface area contributed by atoms with Gasteiger partial charge in [-0.3, -0.25) is 15.1 Å². The summed E-state index contributed by atoms with van der Waals surface area (Å²) in [6.45, 7) is 5.94. The number of para-hydroxylation sites is 1. The van der Waals surface area contributed by atoms with Crippen molar-refractivity contribution in [1.29, 1.82) is 0 Å². The van der Waals surface area contributed by atoms with Crippen LogP contribution >= 0.6 is 12.2 Å². The first kappa shape index (κ1) is 28.9. The Hall–Kier alpha value is -5.22. The highest BCUT2D eigenvalue weighted by Crippen LogP contribution is 2.45. The van der Waals surface area contributed by atoms with Crippen LogP contribution in [0.15, 0.2) is 97.2 Å². The van der Waals surface area contributed by atoms with E-state index in [9.17, 15) is 10.1 Å². The number of aromatic nitrogens is 2. The van der Waals surface area contributed by atoms with Gasteiger partial charge >= 0.3 is 0 Å². The Labute approximate surface area is 260 Å². The van der Waals surface area contributed by atoms with Gasteiger partial charge in [-0.25, -0.2) is 0 Å². The van der Waals surface area contributed by atoms with Crippen molar-refractivity contribution in [2.45, 2.75) is 32.9 Å². The van der Waals surface area contributed by atoms with Crippen LogP contribution in [0.4, 0.5) is 11.4 Å². The van der Waals surface area contributed by atoms with Crippen molar-refractivity contribution in [2.24, 2.45) is 0 Å². The molecular weight excluding hydrogens is 574 g/mol. The minimum absolute atomic E-state index is 0.0415. The molecule has 222 valence electrons. The molecule has 0 spiro atoms. The number of anilines is 1. The normalized spacial score (nSPS) is 16.1. The van der Waals surface area contributed by atoms with Crippen molar-refractivity contribution in [3.05, 3.63) is 136 Å². The van der Waals surface area contributed by atoms with Crippen LogP contribution in [-0.4, -0.2) is 26.7 Å². The molecule has 0 aliphatic carbocycles. The van der Waals surface area contributed by atoms with E-state index in [1.165, 1.54) is 13.2 Å². The molecule has 0 bridgehead atoms. The largest absolute Gasteiger partial charge is 0.496 e. The molecule has 1 aliphatic heterocycles. The maximum absolute atomic E-state index is 12.1. The van der Waals surface area contributed by atoms with Gasteiger partial charge < -0.3 is 24.3 Å². The lowest BCUT2D eigenvalue weighted by atomic mass is 9.96. The average Bonchev–Trinajstić information content (AvgIpc) is 3.53. The van der Waals surface area contributed by atoms with Gasteiger partial charge in [-0.2, -0.15) is 0 Å². The fourth-order valence-corrected chi connectivity index (χ4v) is 6.19. The molecule has 3 aromatic carbocycles. The highest BCUT2D eigenvalue weighted by molar-refractivity contribution is 7.80. The molecule has 6 rings (SSSR count). The van der Waals surface area contributed by atoms with Crippen LogP contribution in [0.25, 0.3) is 5.69 Å². The topological polar surface area (TPSA) is 94.7 Å². The number of pyridine rings is 1. The van der Waals surface area contributed by atoms with Gasteiger partial charge in [0.25, 0.3) is 5.69 Å². The maximum Gasteiger partial charge on any atom is 0.296 e. The number of hydrogen-bond acceptors (Lipinski definition) is 6. The van der Waals surface area contributed by atoms with Crippen LogP contribution in [0.5, 0.6) is 17.2 Å². The van der Waals surface area contributed by atoms with Gasteiger partial charge in [0.05, 0.1) is 35.9 Å². The summed E-state index contributed by atoms with van der Waals surface area (Å²) in [5.74, 6) is 1.93. The van der Waals surface area contributed by atoms with E-state index < -0.39 is 0 Å². The summed E-state index contributed by atoms with van der Waals surface area (Å²) in [4.78, 5) is 18.5. The minimum Gasteiger partial charge on any atom is -0.496 e. The first-order valence-electron chi connectivity index (χ1n) is 14.1. The summed E-state index contributed by atoms with van der Waals surface area (Å²) < 4.78 is 13.3. The van der Waals surface area contributed by atoms with Gasteiger partial charge in [0.1, 0.15) is 22.9 Å². The van der Waals surface area contributed by atoms with E-state index in [2.05, 4.69) is 21.3 Å². The average molecular weight is 606 g/mol. The molecule has 1 N–H and O–H groups in total. The third kappa shape index (κ3) is 5.24. The molecule has 44 heavy (non-hydrogen) atoms. The van der Waals surface area contributed by atoms with E-state index in [0.717, 1.165) is 39.6 Å². The third-order valence-electron chi connectivity index (χ3n) is 7.94. The Kier molecular flexibility index (Phi) is 7.75. The van der Waals surface area contributed by atoms with Crippen molar-refractivity contribution in [3.63, 3.8) is 0 Å². The molecule has 5 aromatic rings. The second-order valence-electron chi connectivity index (χ2n) is 10.6. The second kappa shape index (κ2) is 11.8. The molecule has 9 nitrogen and oxygen atoms in total. The molecule has 1 saturated heterocycles. The summed E-state index contributed by atoms with van der Waals surface area (Å²) in [6, 6.07) is 27.9. The number of hydrogen-bond donors (Lipinski definition) is 1. The Morgan fingerprint density at radius 1 is 0.932 bits per heavy atom. The summed E-state index contributed by atoms with van der Waals surface area (Å²) >= 11 is 5.94. The number of nitro groups is 1. The Morgan fingerprint density at radius 3 is 2.34 bits per heavy atom. The highest BCUT2D eigenvalue weighted by Gasteiger charge is 2.42. The van der Waals surface area contributed by atoms with Crippen molar-refractivity contribution in [3.8, 4) is 22.9 Å². The predicted octanol–water partition coefficient (Wildman–Crippen LogP) is 7.68. The van der Waals surface area contributed by atoms with E-state index in [1.54, 1.807) is 18.3 Å². The van der Waals surface area contributed by atoms with E-state index in [0.29, 0.717) is 22.3 Å². The van der Waals surface area contributed by atoms with Crippen molar-refractivity contribution in [2.75, 3.05) is 12.0 Å². The van der Waals surface area contributed by atoms with Gasteiger partial charge in [0, 0.05) is 23.3 Å². The zero-order chi connectivity index (χ0) is 31.0. The molecule has 2 aromatic heterocycles. The van der Waals surface area contributed by atoms with E-state index in [4.69, 9.17) is 21.7 Å². The number of nitrogens with zero attached hydrogens (tertiary/aromatic N) is 4. The first-order chi connectivity index (χ1) is 21.3. The summed E-state index contributed by atoms with van der Waals surface area (Å²) in [6.07, 6.45) is 1.77. The van der Waals surface area contributed by atoms with Crippen molar-refractivity contribution >= 4 is 28.7 Å². The van der Waals surface area contributed by atoms with E-state index in [-0.39, 0.29) is 22.7 Å². The van der Waals surface area contributed by atoms with Crippen LogP contribution in [0.1, 0.15) is 40.3 Å². The predicted molar refractivity (Wildman–Crippen MR) is 174 cm³/mol. The molecule has 1 aliphatic rings. The summed E-state index contributed by atoms with van der Waals surface area (Å²) in [7, 11) is 1.49. The molecule has 0 saturated carbocycles. The highest BCUT2D eigenvalue weighted by atomic mass is 32.1. The lowest BCUT2D eigenvalue weighted by molar-refractivity contribution is -0.384. The van der Waals surface area contributed by atoms with Gasteiger partial charge in [0.15, 0.2) is 5.11 Å². The number of nitrogens with one attached hydrogen (secondary N) is 1. The lowest BCUT2D eigenvalue weighted by Gasteiger charge is -2.28. The lowest BCUT2D eigenvalue weighted by Crippen LogP contribution is -2.29. The van der Waals surface area contributed by atoms with Crippen LogP contribution < -0.4 is 19.7 Å². The number of aryl methyl sites for hydroxylation is 2. The quantitative estimate of drug-likeness (QED) is 0.109. The second-order valence-corrected chi connectivity index (χ2v) is 11.0. The monoisotopic (exact) mass is 605 g/mol. The molecule has 0 amide bonds. The zero-order valence-electron chi connectivity index (χ0n) is 24.7. The van der Waals surface area contributed by atoms with Crippen LogP contribution in [0.3, 0.4) is 0 Å². The molecule has 0 radical (unpaired) electrons. The molecule has 10 heteroatoms. The maximum atomic E-state index is 12.1. The number of nitro benzene ring substituents is 1. The van der Waals surface area contributed by atoms with Crippen LogP contribution in [0, 0.1) is 30.9 Å². The van der Waals surface area contributed by atoms with E-state index in [1.807, 2.05) is 92.1 Å². The molecular formula is C34H31N5O4S. The third-order valence-corrected chi connectivity index (χ3v) is 8.26. The summed E-state index contributed by atoms with van der Waals surface area (Å²) in [5.41, 5.74) is 5.86. The van der Waals surface area contributed by atoms with Gasteiger partial charge in [-0.1, -0.05) is 24.3 Å². The van der Waals surface area contributed by atoms with Gasteiger partial charge in [0.2, 0.25) is 0 Å². The molecule has 0 unspecified atom stereocenters. The van der Waals surface area contributed by atoms with Crippen molar-refractivity contribution in [1.82, 2.24) is 14.9 Å². The minimum atomic E-state index is -0.383. The number of thiocarbonyl (C=S) groups is 1. The van der Waals surface area contributed by atoms with E-state index >= 15 is 0 Å². The Morgan fingerprint density at radius 2 is 1.66 bits per heavy atom. The number of benzene rings is 3. The molecule has 1 fully saturated rings. The Bertz CT molecular complexity index is 1860. The number of rotatable bonds is 8. The molecule has 3 heterocycles. The number of ether oxygens (including phenoxy) is 2. The fourth-order valence-electron chi connectivity index (χ4n) is 5.84. The zero-order valence-corrected chi connectivity index (χ0v) is 25.5. The van der Waals surface area contributed by atoms with Crippen LogP contribution in [0.2, 0.25) is 0 Å². The fraction of sp³-hybridized carbons (Fsp3) is 0.176. The van der Waals surface area contributed by atoms with Crippen molar-refractivity contribution < 1.29 is 14.4 Å². The first-order valence-corrected chi connectivity index (χ1v) is 14.5. The number of methoxy groups -OCH3 is 1. The Balaban J connectivity index is 1.44. The standard InChI is InChI=1S/C34H31N5O4S/c1-21-9-5-6-11-31(21)43-25-14-12-24(13-15-25)38-33(32(36-34(38)44)28-10-7-8-18-35-28)27-19-22(2)37(23(27)3)29-17-16-26(42-4)20-30(29)39(40)41/h5-20,32-33H,1-4H3,(H,36,44)/t32-,33-/m0/s1. The van der Waals surface area contributed by atoms with Crippen LogP contribution in [-0.2, 0) is 0 Å². The SMILES string of the molecule is COc1ccc(-n2c(C)cc([C@H]3[C@H](c4ccccn4)NC(=S)N3c3ccc(Oc4ccccc4C)cc3)c2C)c([N+](=O)[O-])c1. The smallest absolute Gasteiger partial charge is 0.296 e. The van der Waals surface area contributed by atoms with Gasteiger partial charge in [-0.15, -0.1) is 0 Å². The summed E-state index contributed by atoms with van der Waals surface area (Å²) in [5, 5.41) is 16.2.